The van der Waals surface area contributed by atoms with Crippen LogP contribution in [0.1, 0.15) is 11.5 Å². The lowest BCUT2D eigenvalue weighted by molar-refractivity contribution is 0.431. The normalized spacial score (nSPS) is 10.4. The second-order valence-electron chi connectivity index (χ2n) is 3.09. The van der Waals surface area contributed by atoms with Gasteiger partial charge in [-0.2, -0.15) is 0 Å². The lowest BCUT2D eigenvalue weighted by Crippen LogP contribution is -2.10. The lowest BCUT2D eigenvalue weighted by Gasteiger charge is -1.99. The molecular weight excluding hydrogens is 226 g/mol. The lowest BCUT2D eigenvalue weighted by atomic mass is 10.4. The third-order valence-electron chi connectivity index (χ3n) is 1.96. The Balaban J connectivity index is 2.20. The minimum Gasteiger partial charge on any atom is -0.436 e. The van der Waals surface area contributed by atoms with Crippen molar-refractivity contribution in [3.63, 3.8) is 0 Å². The molecule has 2 rings (SSSR count). The molecule has 2 heterocycles. The number of aromatic nitrogens is 3. The maximum Gasteiger partial charge on any atom is 0.262 e. The van der Waals surface area contributed by atoms with E-state index in [1.807, 2.05) is 13.8 Å². The molecule has 0 bridgehead atoms. The van der Waals surface area contributed by atoms with Gasteiger partial charge in [0.05, 0.1) is 5.69 Å². The smallest absolute Gasteiger partial charge is 0.262 e. The maximum atomic E-state index is 5.43. The number of hydrogen-bond donors (Lipinski definition) is 2. The molecule has 16 heavy (non-hydrogen) atoms. The van der Waals surface area contributed by atoms with Crippen LogP contribution in [0.25, 0.3) is 0 Å². The summed E-state index contributed by atoms with van der Waals surface area (Å²) >= 11 is 1.33. The fourth-order valence-electron chi connectivity index (χ4n) is 1.04. The van der Waals surface area contributed by atoms with Gasteiger partial charge in [0.2, 0.25) is 5.95 Å². The molecule has 0 aliphatic heterocycles. The van der Waals surface area contributed by atoms with E-state index in [0.29, 0.717) is 11.2 Å². The van der Waals surface area contributed by atoms with Crippen molar-refractivity contribution >= 4 is 17.7 Å². The highest BCUT2D eigenvalue weighted by molar-refractivity contribution is 7.99. The van der Waals surface area contributed by atoms with Gasteiger partial charge in [-0.3, -0.25) is 5.43 Å². The van der Waals surface area contributed by atoms with Crippen LogP contribution >= 0.6 is 11.8 Å². The fourth-order valence-corrected chi connectivity index (χ4v) is 1.83. The molecular formula is C9H11N5OS. The molecule has 0 aliphatic carbocycles. The fraction of sp³-hybridized carbons (Fsp3) is 0.222. The monoisotopic (exact) mass is 237 g/mol. The second-order valence-corrected chi connectivity index (χ2v) is 4.06. The first kappa shape index (κ1) is 10.9. The average Bonchev–Trinajstić information content (AvgIpc) is 2.58. The van der Waals surface area contributed by atoms with Crippen LogP contribution in [-0.2, 0) is 0 Å². The summed E-state index contributed by atoms with van der Waals surface area (Å²) in [5, 5.41) is 1.29. The van der Waals surface area contributed by atoms with Crippen LogP contribution in [0.4, 0.5) is 5.95 Å². The van der Waals surface area contributed by atoms with E-state index in [1.54, 1.807) is 12.3 Å². The number of aryl methyl sites for hydroxylation is 2. The molecule has 0 aliphatic rings. The quantitative estimate of drug-likeness (QED) is 0.475. The molecule has 3 N–H and O–H groups in total. The molecule has 0 saturated heterocycles. The predicted octanol–water partition coefficient (Wildman–Crippen LogP) is 1.52. The van der Waals surface area contributed by atoms with Crippen LogP contribution in [0, 0.1) is 13.8 Å². The standard InChI is InChI=1S/C9H11N5OS/c1-5-6(2)15-9(12-5)16-7-3-4-11-8(13-7)14-10/h3-4H,10H2,1-2H3,(H,11,13,14). The van der Waals surface area contributed by atoms with Crippen molar-refractivity contribution in [1.82, 2.24) is 15.0 Å². The second kappa shape index (κ2) is 4.50. The predicted molar refractivity (Wildman–Crippen MR) is 59.9 cm³/mol. The Kier molecular flexibility index (Phi) is 3.07. The third kappa shape index (κ3) is 2.31. The van der Waals surface area contributed by atoms with Gasteiger partial charge < -0.3 is 4.42 Å². The SMILES string of the molecule is Cc1nc(Sc2ccnc(NN)n2)oc1C. The first-order chi connectivity index (χ1) is 7.69. The first-order valence-electron chi connectivity index (χ1n) is 4.60. The molecule has 6 nitrogen and oxygen atoms in total. The number of oxazole rings is 1. The van der Waals surface area contributed by atoms with Crippen molar-refractivity contribution in [3.05, 3.63) is 23.7 Å². The van der Waals surface area contributed by atoms with Gasteiger partial charge in [0.25, 0.3) is 5.22 Å². The largest absolute Gasteiger partial charge is 0.436 e. The van der Waals surface area contributed by atoms with Gasteiger partial charge in [-0.1, -0.05) is 0 Å². The molecule has 0 saturated carbocycles. The van der Waals surface area contributed by atoms with Crippen molar-refractivity contribution in [2.75, 3.05) is 5.43 Å². The third-order valence-corrected chi connectivity index (χ3v) is 2.75. The summed E-state index contributed by atoms with van der Waals surface area (Å²) in [6.07, 6.45) is 1.62. The average molecular weight is 237 g/mol. The summed E-state index contributed by atoms with van der Waals surface area (Å²) in [5.41, 5.74) is 3.27. The summed E-state index contributed by atoms with van der Waals surface area (Å²) in [6.45, 7) is 3.77. The van der Waals surface area contributed by atoms with Crippen molar-refractivity contribution in [1.29, 1.82) is 0 Å². The minimum absolute atomic E-state index is 0.366. The number of rotatable bonds is 3. The molecule has 0 aromatic carbocycles. The summed E-state index contributed by atoms with van der Waals surface area (Å²) in [7, 11) is 0. The van der Waals surface area contributed by atoms with Gasteiger partial charge in [0.1, 0.15) is 10.8 Å². The molecule has 0 unspecified atom stereocenters. The topological polar surface area (TPSA) is 89.9 Å². The molecule has 2 aromatic heterocycles. The zero-order valence-electron chi connectivity index (χ0n) is 8.89. The Morgan fingerprint density at radius 1 is 1.38 bits per heavy atom. The number of hydrogen-bond acceptors (Lipinski definition) is 7. The van der Waals surface area contributed by atoms with Crippen molar-refractivity contribution in [2.45, 2.75) is 24.1 Å². The Labute approximate surface area is 96.7 Å². The van der Waals surface area contributed by atoms with Crippen LogP contribution in [0.15, 0.2) is 26.9 Å². The molecule has 0 spiro atoms. The Hall–Kier alpha value is -1.60. The molecule has 0 amide bonds. The number of nitrogens with zero attached hydrogens (tertiary/aromatic N) is 3. The van der Waals surface area contributed by atoms with E-state index < -0.39 is 0 Å². The highest BCUT2D eigenvalue weighted by Crippen LogP contribution is 2.26. The Bertz CT molecular complexity index is 479. The van der Waals surface area contributed by atoms with Crippen LogP contribution < -0.4 is 11.3 Å². The van der Waals surface area contributed by atoms with E-state index in [-0.39, 0.29) is 0 Å². The highest BCUT2D eigenvalue weighted by Gasteiger charge is 2.08. The number of hydrazine groups is 1. The van der Waals surface area contributed by atoms with Gasteiger partial charge in [-0.25, -0.2) is 20.8 Å². The Morgan fingerprint density at radius 2 is 2.19 bits per heavy atom. The van der Waals surface area contributed by atoms with Crippen LogP contribution in [0.5, 0.6) is 0 Å². The molecule has 0 atom stereocenters. The van der Waals surface area contributed by atoms with Crippen LogP contribution in [-0.4, -0.2) is 15.0 Å². The maximum absolute atomic E-state index is 5.43. The van der Waals surface area contributed by atoms with Gasteiger partial charge in [-0.15, -0.1) is 0 Å². The molecule has 0 radical (unpaired) electrons. The van der Waals surface area contributed by atoms with Gasteiger partial charge in [0.15, 0.2) is 0 Å². The zero-order valence-corrected chi connectivity index (χ0v) is 9.71. The number of nitrogen functional groups attached to an aromatic ring is 1. The summed E-state index contributed by atoms with van der Waals surface area (Å²) in [5.74, 6) is 6.40. The molecule has 2 aromatic rings. The minimum atomic E-state index is 0.366. The number of nitrogens with two attached hydrogens (primary N) is 1. The van der Waals surface area contributed by atoms with E-state index in [9.17, 15) is 0 Å². The first-order valence-corrected chi connectivity index (χ1v) is 5.42. The summed E-state index contributed by atoms with van der Waals surface area (Å²) in [4.78, 5) is 12.3. The van der Waals surface area contributed by atoms with Crippen LogP contribution in [0.2, 0.25) is 0 Å². The van der Waals surface area contributed by atoms with Crippen molar-refractivity contribution in [2.24, 2.45) is 5.84 Å². The number of nitrogens with one attached hydrogen (secondary N) is 1. The van der Waals surface area contributed by atoms with E-state index in [0.717, 1.165) is 16.5 Å². The highest BCUT2D eigenvalue weighted by atomic mass is 32.2. The molecule has 0 fully saturated rings. The summed E-state index contributed by atoms with van der Waals surface area (Å²) < 4.78 is 5.43. The van der Waals surface area contributed by atoms with Crippen molar-refractivity contribution < 1.29 is 4.42 Å². The van der Waals surface area contributed by atoms with E-state index >= 15 is 0 Å². The molecule has 84 valence electrons. The van der Waals surface area contributed by atoms with Crippen molar-refractivity contribution in [3.8, 4) is 0 Å². The van der Waals surface area contributed by atoms with Gasteiger partial charge in [-0.05, 0) is 31.7 Å². The van der Waals surface area contributed by atoms with E-state index in [2.05, 4.69) is 20.4 Å². The summed E-state index contributed by atoms with van der Waals surface area (Å²) in [6, 6.07) is 1.76. The van der Waals surface area contributed by atoms with E-state index in [1.165, 1.54) is 11.8 Å². The van der Waals surface area contributed by atoms with Crippen LogP contribution in [0.3, 0.4) is 0 Å². The van der Waals surface area contributed by atoms with E-state index in [4.69, 9.17) is 10.3 Å². The Morgan fingerprint density at radius 3 is 2.81 bits per heavy atom. The number of anilines is 1. The van der Waals surface area contributed by atoms with Gasteiger partial charge in [0, 0.05) is 6.20 Å². The molecule has 7 heteroatoms. The zero-order chi connectivity index (χ0) is 11.5. The van der Waals surface area contributed by atoms with Gasteiger partial charge >= 0.3 is 0 Å².